The van der Waals surface area contributed by atoms with Gasteiger partial charge in [0.1, 0.15) is 5.69 Å². The highest BCUT2D eigenvalue weighted by molar-refractivity contribution is 5.90. The lowest BCUT2D eigenvalue weighted by Crippen LogP contribution is -1.99. The number of azo groups is 1. The number of carbonyl (C=O) groups excluding carboxylic acids is 1. The molecule has 0 atom stereocenters. The van der Waals surface area contributed by atoms with Crippen LogP contribution >= 0.6 is 0 Å². The van der Waals surface area contributed by atoms with Crippen LogP contribution in [0.3, 0.4) is 0 Å². The van der Waals surface area contributed by atoms with Crippen molar-refractivity contribution in [3.63, 3.8) is 0 Å². The summed E-state index contributed by atoms with van der Waals surface area (Å²) < 4.78 is 17.9. The van der Waals surface area contributed by atoms with E-state index in [9.17, 15) is 9.18 Å². The molecule has 0 heterocycles. The van der Waals surface area contributed by atoms with Gasteiger partial charge in [-0.05, 0) is 30.3 Å². The van der Waals surface area contributed by atoms with Crippen LogP contribution in [0, 0.1) is 5.82 Å². The first-order valence-electron chi connectivity index (χ1n) is 5.55. The predicted molar refractivity (Wildman–Crippen MR) is 68.4 cm³/mol. The van der Waals surface area contributed by atoms with Crippen LogP contribution in [0.5, 0.6) is 0 Å². The Labute approximate surface area is 109 Å². The fourth-order valence-electron chi connectivity index (χ4n) is 1.46. The van der Waals surface area contributed by atoms with Gasteiger partial charge < -0.3 is 4.74 Å². The van der Waals surface area contributed by atoms with E-state index in [4.69, 9.17) is 0 Å². The molecule has 0 N–H and O–H groups in total. The summed E-state index contributed by atoms with van der Waals surface area (Å²) in [5.74, 6) is -0.904. The van der Waals surface area contributed by atoms with Gasteiger partial charge in [0.15, 0.2) is 5.82 Å². The minimum absolute atomic E-state index is 0.144. The van der Waals surface area contributed by atoms with Crippen LogP contribution < -0.4 is 0 Å². The predicted octanol–water partition coefficient (Wildman–Crippen LogP) is 4.03. The highest BCUT2D eigenvalue weighted by Crippen LogP contribution is 2.21. The van der Waals surface area contributed by atoms with Gasteiger partial charge in [0, 0.05) is 0 Å². The Morgan fingerprint density at radius 1 is 1.11 bits per heavy atom. The van der Waals surface area contributed by atoms with Gasteiger partial charge in [-0.2, -0.15) is 5.11 Å². The maximum atomic E-state index is 13.3. The molecule has 0 aromatic heterocycles. The molecule has 5 heteroatoms. The number of ether oxygens (including phenoxy) is 1. The van der Waals surface area contributed by atoms with Gasteiger partial charge in [0.25, 0.3) is 0 Å². The van der Waals surface area contributed by atoms with Crippen LogP contribution in [0.25, 0.3) is 0 Å². The van der Waals surface area contributed by atoms with Crippen LogP contribution in [0.1, 0.15) is 10.4 Å². The fraction of sp³-hybridized carbons (Fsp3) is 0.0714. The third-order valence-corrected chi connectivity index (χ3v) is 2.39. The number of esters is 1. The van der Waals surface area contributed by atoms with E-state index in [1.807, 2.05) is 0 Å². The number of hydrogen-bond donors (Lipinski definition) is 0. The van der Waals surface area contributed by atoms with Crippen LogP contribution in [0.4, 0.5) is 15.8 Å². The summed E-state index contributed by atoms with van der Waals surface area (Å²) in [6.07, 6.45) is 0. The molecule has 0 radical (unpaired) electrons. The van der Waals surface area contributed by atoms with Gasteiger partial charge in [0.2, 0.25) is 0 Å². The van der Waals surface area contributed by atoms with Crippen molar-refractivity contribution in [3.05, 3.63) is 59.9 Å². The lowest BCUT2D eigenvalue weighted by molar-refractivity contribution is 0.0601. The summed E-state index contributed by atoms with van der Waals surface area (Å²) in [5.41, 5.74) is 0.963. The first-order valence-corrected chi connectivity index (χ1v) is 5.55. The lowest BCUT2D eigenvalue weighted by atomic mass is 10.2. The van der Waals surface area contributed by atoms with E-state index in [0.717, 1.165) is 0 Å². The van der Waals surface area contributed by atoms with Gasteiger partial charge in [0.05, 0.1) is 18.4 Å². The summed E-state index contributed by atoms with van der Waals surface area (Å²) in [7, 11) is 1.30. The molecule has 0 spiro atoms. The second-order valence-corrected chi connectivity index (χ2v) is 3.69. The van der Waals surface area contributed by atoms with Crippen molar-refractivity contribution in [2.45, 2.75) is 0 Å². The minimum Gasteiger partial charge on any atom is -0.465 e. The highest BCUT2D eigenvalue weighted by atomic mass is 19.1. The first kappa shape index (κ1) is 12.9. The monoisotopic (exact) mass is 258 g/mol. The molecule has 0 aliphatic rings. The Morgan fingerprint density at radius 2 is 1.89 bits per heavy atom. The molecule has 0 amide bonds. The van der Waals surface area contributed by atoms with Crippen LogP contribution in [-0.4, -0.2) is 13.1 Å². The minimum atomic E-state index is -0.456. The van der Waals surface area contributed by atoms with E-state index in [1.165, 1.54) is 25.3 Å². The number of benzene rings is 2. The maximum absolute atomic E-state index is 13.3. The summed E-state index contributed by atoms with van der Waals surface area (Å²) >= 11 is 0. The fourth-order valence-corrected chi connectivity index (χ4v) is 1.46. The molecule has 2 rings (SSSR count). The van der Waals surface area contributed by atoms with E-state index < -0.39 is 11.8 Å². The molecule has 96 valence electrons. The number of hydrogen-bond acceptors (Lipinski definition) is 4. The SMILES string of the molecule is COC(=O)c1cccc(N=Nc2ccccc2F)c1. The summed E-state index contributed by atoms with van der Waals surface area (Å²) in [6, 6.07) is 12.5. The van der Waals surface area contributed by atoms with Crippen molar-refractivity contribution in [2.24, 2.45) is 10.2 Å². The zero-order valence-corrected chi connectivity index (χ0v) is 10.2. The number of halogens is 1. The zero-order valence-electron chi connectivity index (χ0n) is 10.2. The number of carbonyl (C=O) groups is 1. The summed E-state index contributed by atoms with van der Waals surface area (Å²) in [4.78, 5) is 11.3. The van der Waals surface area contributed by atoms with Crippen molar-refractivity contribution >= 4 is 17.3 Å². The van der Waals surface area contributed by atoms with Crippen molar-refractivity contribution in [2.75, 3.05) is 7.11 Å². The Balaban J connectivity index is 2.24. The number of methoxy groups -OCH3 is 1. The normalized spacial score (nSPS) is 10.6. The van der Waals surface area contributed by atoms with Gasteiger partial charge in [-0.3, -0.25) is 0 Å². The Morgan fingerprint density at radius 3 is 2.63 bits per heavy atom. The van der Waals surface area contributed by atoms with E-state index in [-0.39, 0.29) is 5.69 Å². The molecule has 0 unspecified atom stereocenters. The molecule has 0 saturated heterocycles. The van der Waals surface area contributed by atoms with Crippen molar-refractivity contribution in [3.8, 4) is 0 Å². The third-order valence-electron chi connectivity index (χ3n) is 2.39. The molecular formula is C14H11FN2O2. The molecule has 0 bridgehead atoms. The van der Waals surface area contributed by atoms with Gasteiger partial charge in [-0.25, -0.2) is 9.18 Å². The standard InChI is InChI=1S/C14H11FN2O2/c1-19-14(18)10-5-4-6-11(9-10)16-17-13-8-3-2-7-12(13)15/h2-9H,1H3. The van der Waals surface area contributed by atoms with E-state index in [2.05, 4.69) is 15.0 Å². The largest absolute Gasteiger partial charge is 0.465 e. The van der Waals surface area contributed by atoms with Crippen molar-refractivity contribution < 1.29 is 13.9 Å². The Bertz CT molecular complexity index is 626. The maximum Gasteiger partial charge on any atom is 0.337 e. The topological polar surface area (TPSA) is 51.0 Å². The average molecular weight is 258 g/mol. The third kappa shape index (κ3) is 3.22. The smallest absolute Gasteiger partial charge is 0.337 e. The molecule has 0 saturated carbocycles. The Hall–Kier alpha value is -2.56. The second kappa shape index (κ2) is 5.86. The molecule has 2 aromatic carbocycles. The Kier molecular flexibility index (Phi) is 3.97. The lowest BCUT2D eigenvalue weighted by Gasteiger charge is -1.99. The number of nitrogens with zero attached hydrogens (tertiary/aromatic N) is 2. The van der Waals surface area contributed by atoms with E-state index >= 15 is 0 Å². The van der Waals surface area contributed by atoms with Gasteiger partial charge >= 0.3 is 5.97 Å². The molecular weight excluding hydrogens is 247 g/mol. The van der Waals surface area contributed by atoms with E-state index in [1.54, 1.807) is 30.3 Å². The highest BCUT2D eigenvalue weighted by Gasteiger charge is 2.05. The first-order chi connectivity index (χ1) is 9.20. The molecule has 2 aromatic rings. The van der Waals surface area contributed by atoms with Crippen molar-refractivity contribution in [1.29, 1.82) is 0 Å². The zero-order chi connectivity index (χ0) is 13.7. The average Bonchev–Trinajstić information content (AvgIpc) is 2.46. The molecule has 0 aliphatic carbocycles. The van der Waals surface area contributed by atoms with Crippen molar-refractivity contribution in [1.82, 2.24) is 0 Å². The summed E-state index contributed by atoms with van der Waals surface area (Å²) in [6.45, 7) is 0. The molecule has 0 fully saturated rings. The van der Waals surface area contributed by atoms with Gasteiger partial charge in [-0.1, -0.05) is 18.2 Å². The van der Waals surface area contributed by atoms with Crippen LogP contribution in [0.2, 0.25) is 0 Å². The number of rotatable bonds is 3. The van der Waals surface area contributed by atoms with Crippen LogP contribution in [0.15, 0.2) is 58.8 Å². The second-order valence-electron chi connectivity index (χ2n) is 3.69. The van der Waals surface area contributed by atoms with E-state index in [0.29, 0.717) is 11.3 Å². The summed E-state index contributed by atoms with van der Waals surface area (Å²) in [5, 5.41) is 7.69. The van der Waals surface area contributed by atoms with Crippen LogP contribution in [-0.2, 0) is 4.74 Å². The quantitative estimate of drug-likeness (QED) is 0.616. The molecule has 0 aliphatic heterocycles. The molecule has 19 heavy (non-hydrogen) atoms. The van der Waals surface area contributed by atoms with Gasteiger partial charge in [-0.15, -0.1) is 5.11 Å². The molecule has 4 nitrogen and oxygen atoms in total.